The third-order valence-corrected chi connectivity index (χ3v) is 3.56. The minimum atomic E-state index is -0.215. The second-order valence-electron chi connectivity index (χ2n) is 5.02. The Bertz CT molecular complexity index is 679. The van der Waals surface area contributed by atoms with Crippen LogP contribution in [-0.4, -0.2) is 33.7 Å². The molecule has 0 aliphatic heterocycles. The van der Waals surface area contributed by atoms with E-state index >= 15 is 0 Å². The molecule has 2 rings (SSSR count). The summed E-state index contributed by atoms with van der Waals surface area (Å²) < 4.78 is 1.25. The highest BCUT2D eigenvalue weighted by atomic mass is 16.2. The average molecular weight is 287 g/mol. The van der Waals surface area contributed by atoms with E-state index in [0.717, 1.165) is 24.8 Å². The first-order chi connectivity index (χ1) is 10.2. The summed E-state index contributed by atoms with van der Waals surface area (Å²) in [5.41, 5.74) is -0.215. The molecular weight excluding hydrogens is 266 g/mol. The Balaban J connectivity index is 2.21. The van der Waals surface area contributed by atoms with Crippen LogP contribution in [0.25, 0.3) is 10.8 Å². The average Bonchev–Trinajstić information content (AvgIpc) is 2.51. The highest BCUT2D eigenvalue weighted by Crippen LogP contribution is 2.06. The van der Waals surface area contributed by atoms with Crippen molar-refractivity contribution in [2.24, 2.45) is 0 Å². The van der Waals surface area contributed by atoms with Crippen molar-refractivity contribution in [2.75, 3.05) is 13.1 Å². The number of nitrogens with zero attached hydrogens (tertiary/aromatic N) is 3. The number of benzene rings is 1. The molecule has 1 aromatic carbocycles. The number of amides is 1. The molecule has 0 aliphatic carbocycles. The lowest BCUT2D eigenvalue weighted by Gasteiger charge is -2.20. The maximum absolute atomic E-state index is 12.3. The summed E-state index contributed by atoms with van der Waals surface area (Å²) in [7, 11) is 0. The lowest BCUT2D eigenvalue weighted by molar-refractivity contribution is -0.132. The lowest BCUT2D eigenvalue weighted by atomic mass is 10.2. The number of carbonyl (C=O) groups is 1. The van der Waals surface area contributed by atoms with E-state index in [9.17, 15) is 9.59 Å². The Morgan fingerprint density at radius 2 is 2.05 bits per heavy atom. The molecule has 5 heteroatoms. The fourth-order valence-corrected chi connectivity index (χ4v) is 2.28. The van der Waals surface area contributed by atoms with Crippen molar-refractivity contribution < 1.29 is 4.79 Å². The van der Waals surface area contributed by atoms with Crippen molar-refractivity contribution in [1.29, 1.82) is 0 Å². The van der Waals surface area contributed by atoms with Crippen LogP contribution in [-0.2, 0) is 11.3 Å². The molecule has 2 aromatic rings. The van der Waals surface area contributed by atoms with Crippen LogP contribution < -0.4 is 5.56 Å². The second-order valence-corrected chi connectivity index (χ2v) is 5.02. The van der Waals surface area contributed by atoms with E-state index in [1.54, 1.807) is 17.2 Å². The Morgan fingerprint density at radius 1 is 1.29 bits per heavy atom. The molecule has 0 aliphatic rings. The topological polar surface area (TPSA) is 55.2 Å². The maximum Gasteiger partial charge on any atom is 0.275 e. The van der Waals surface area contributed by atoms with E-state index in [1.807, 2.05) is 25.1 Å². The van der Waals surface area contributed by atoms with Gasteiger partial charge in [0.25, 0.3) is 5.56 Å². The molecule has 0 radical (unpaired) electrons. The quantitative estimate of drug-likeness (QED) is 0.817. The number of unbranched alkanes of at least 4 members (excludes halogenated alkanes) is 1. The van der Waals surface area contributed by atoms with E-state index in [-0.39, 0.29) is 18.0 Å². The molecular formula is C16H21N3O2. The summed E-state index contributed by atoms with van der Waals surface area (Å²) in [4.78, 5) is 26.4. The van der Waals surface area contributed by atoms with Gasteiger partial charge >= 0.3 is 0 Å². The normalized spacial score (nSPS) is 10.8. The predicted octanol–water partition coefficient (Wildman–Crippen LogP) is 2.05. The van der Waals surface area contributed by atoms with Crippen molar-refractivity contribution in [3.05, 3.63) is 40.8 Å². The van der Waals surface area contributed by atoms with Gasteiger partial charge in [0.2, 0.25) is 5.91 Å². The van der Waals surface area contributed by atoms with Gasteiger partial charge in [-0.3, -0.25) is 9.59 Å². The van der Waals surface area contributed by atoms with Crippen LogP contribution in [0.3, 0.4) is 0 Å². The largest absolute Gasteiger partial charge is 0.341 e. The van der Waals surface area contributed by atoms with Gasteiger partial charge in [0.15, 0.2) is 0 Å². The number of aromatic nitrogens is 2. The summed E-state index contributed by atoms with van der Waals surface area (Å²) >= 11 is 0. The van der Waals surface area contributed by atoms with Gasteiger partial charge < -0.3 is 4.90 Å². The van der Waals surface area contributed by atoms with Crippen molar-refractivity contribution >= 4 is 16.7 Å². The highest BCUT2D eigenvalue weighted by molar-refractivity contribution is 5.81. The standard InChI is InChI=1S/C16H21N3O2/c1-3-5-10-18(4-2)15(20)12-19-16(21)14-9-7-6-8-13(14)11-17-19/h6-9,11H,3-5,10,12H2,1-2H3. The zero-order chi connectivity index (χ0) is 15.2. The molecule has 0 N–H and O–H groups in total. The van der Waals surface area contributed by atoms with E-state index in [0.29, 0.717) is 11.9 Å². The summed E-state index contributed by atoms with van der Waals surface area (Å²) in [6, 6.07) is 7.28. The van der Waals surface area contributed by atoms with E-state index in [2.05, 4.69) is 12.0 Å². The van der Waals surface area contributed by atoms with Crippen LogP contribution in [0.5, 0.6) is 0 Å². The Hall–Kier alpha value is -2.17. The monoisotopic (exact) mass is 287 g/mol. The van der Waals surface area contributed by atoms with Crippen LogP contribution in [0.2, 0.25) is 0 Å². The molecule has 1 aromatic heterocycles. The van der Waals surface area contributed by atoms with Gasteiger partial charge in [-0.15, -0.1) is 0 Å². The van der Waals surface area contributed by atoms with Gasteiger partial charge in [0.05, 0.1) is 11.6 Å². The minimum Gasteiger partial charge on any atom is -0.341 e. The van der Waals surface area contributed by atoms with Gasteiger partial charge in [-0.2, -0.15) is 5.10 Å². The first-order valence-electron chi connectivity index (χ1n) is 7.40. The van der Waals surface area contributed by atoms with Crippen LogP contribution >= 0.6 is 0 Å². The van der Waals surface area contributed by atoms with E-state index in [4.69, 9.17) is 0 Å². The molecule has 5 nitrogen and oxygen atoms in total. The number of fused-ring (bicyclic) bond motifs is 1. The van der Waals surface area contributed by atoms with Gasteiger partial charge in [0, 0.05) is 18.5 Å². The predicted molar refractivity (Wildman–Crippen MR) is 83.2 cm³/mol. The molecule has 0 spiro atoms. The van der Waals surface area contributed by atoms with Crippen LogP contribution in [0.1, 0.15) is 26.7 Å². The fraction of sp³-hybridized carbons (Fsp3) is 0.438. The molecule has 112 valence electrons. The summed E-state index contributed by atoms with van der Waals surface area (Å²) in [5, 5.41) is 5.49. The van der Waals surface area contributed by atoms with Gasteiger partial charge in [-0.25, -0.2) is 4.68 Å². The number of likely N-dealkylation sites (N-methyl/N-ethyl adjacent to an activating group) is 1. The van der Waals surface area contributed by atoms with Crippen LogP contribution in [0.4, 0.5) is 0 Å². The molecule has 0 bridgehead atoms. The Morgan fingerprint density at radius 3 is 2.76 bits per heavy atom. The van der Waals surface area contributed by atoms with Crippen LogP contribution in [0, 0.1) is 0 Å². The van der Waals surface area contributed by atoms with Crippen molar-refractivity contribution in [3.8, 4) is 0 Å². The Labute approximate surface area is 124 Å². The lowest BCUT2D eigenvalue weighted by Crippen LogP contribution is -2.37. The van der Waals surface area contributed by atoms with Crippen LogP contribution in [0.15, 0.2) is 35.3 Å². The Kier molecular flexibility index (Phi) is 5.09. The third kappa shape index (κ3) is 3.48. The van der Waals surface area contributed by atoms with E-state index < -0.39 is 0 Å². The van der Waals surface area contributed by atoms with E-state index in [1.165, 1.54) is 4.68 Å². The first-order valence-corrected chi connectivity index (χ1v) is 7.40. The molecule has 0 saturated heterocycles. The van der Waals surface area contributed by atoms with Gasteiger partial charge in [-0.05, 0) is 19.4 Å². The highest BCUT2D eigenvalue weighted by Gasteiger charge is 2.13. The number of hydrogen-bond donors (Lipinski definition) is 0. The van der Waals surface area contributed by atoms with Crippen molar-refractivity contribution in [2.45, 2.75) is 33.2 Å². The second kappa shape index (κ2) is 7.02. The molecule has 0 unspecified atom stereocenters. The molecule has 1 amide bonds. The minimum absolute atomic E-state index is 0.00121. The number of hydrogen-bond acceptors (Lipinski definition) is 3. The number of carbonyl (C=O) groups excluding carboxylic acids is 1. The number of rotatable bonds is 6. The molecule has 0 saturated carbocycles. The smallest absolute Gasteiger partial charge is 0.275 e. The van der Waals surface area contributed by atoms with Crippen molar-refractivity contribution in [3.63, 3.8) is 0 Å². The SMILES string of the molecule is CCCCN(CC)C(=O)Cn1ncc2ccccc2c1=O. The van der Waals surface area contributed by atoms with Crippen molar-refractivity contribution in [1.82, 2.24) is 14.7 Å². The zero-order valence-corrected chi connectivity index (χ0v) is 12.6. The summed E-state index contributed by atoms with van der Waals surface area (Å²) in [6.45, 7) is 5.43. The third-order valence-electron chi connectivity index (χ3n) is 3.56. The summed E-state index contributed by atoms with van der Waals surface area (Å²) in [5.74, 6) is -0.0594. The maximum atomic E-state index is 12.3. The van der Waals surface area contributed by atoms with Gasteiger partial charge in [0.1, 0.15) is 6.54 Å². The zero-order valence-electron chi connectivity index (χ0n) is 12.6. The molecule has 0 atom stereocenters. The van der Waals surface area contributed by atoms with Gasteiger partial charge in [-0.1, -0.05) is 31.5 Å². The molecule has 0 fully saturated rings. The fourth-order valence-electron chi connectivity index (χ4n) is 2.28. The molecule has 21 heavy (non-hydrogen) atoms. The first kappa shape index (κ1) is 15.2. The summed E-state index contributed by atoms with van der Waals surface area (Å²) in [6.07, 6.45) is 3.64. The molecule has 1 heterocycles.